The Morgan fingerprint density at radius 1 is 1.15 bits per heavy atom. The van der Waals surface area contributed by atoms with Gasteiger partial charge in [0.1, 0.15) is 0 Å². The number of rotatable bonds is 0. The lowest BCUT2D eigenvalue weighted by molar-refractivity contribution is 0.471. The molecule has 68 valence electrons. The number of hydrogen-bond donors (Lipinski definition) is 2. The number of hydrogen-bond acceptors (Lipinski definition) is 2. The molecule has 2 N–H and O–H groups in total. The van der Waals surface area contributed by atoms with Crippen LogP contribution in [-0.2, 0) is 6.54 Å². The lowest BCUT2D eigenvalue weighted by Crippen LogP contribution is -2.38. The van der Waals surface area contributed by atoms with Crippen LogP contribution in [0.1, 0.15) is 17.0 Å². The van der Waals surface area contributed by atoms with Gasteiger partial charge >= 0.3 is 0 Å². The number of fused-ring (bicyclic) bond motifs is 3. The van der Waals surface area contributed by atoms with Gasteiger partial charge in [0.2, 0.25) is 0 Å². The van der Waals surface area contributed by atoms with Crippen molar-refractivity contribution in [3.05, 3.63) is 35.4 Å². The Morgan fingerprint density at radius 2 is 2.08 bits per heavy atom. The van der Waals surface area contributed by atoms with Crippen molar-refractivity contribution in [1.29, 1.82) is 0 Å². The second kappa shape index (κ2) is 2.82. The molecule has 0 radical (unpaired) electrons. The summed E-state index contributed by atoms with van der Waals surface area (Å²) in [5.41, 5.74) is 3.03. The van der Waals surface area contributed by atoms with Crippen LogP contribution in [0.15, 0.2) is 24.3 Å². The Kier molecular flexibility index (Phi) is 1.64. The summed E-state index contributed by atoms with van der Waals surface area (Å²) in [7, 11) is 0. The fourth-order valence-electron chi connectivity index (χ4n) is 2.52. The summed E-state index contributed by atoms with van der Waals surface area (Å²) < 4.78 is 0. The summed E-state index contributed by atoms with van der Waals surface area (Å²) in [4.78, 5) is 0. The molecule has 0 aromatic heterocycles. The fourth-order valence-corrected chi connectivity index (χ4v) is 2.52. The molecule has 2 atom stereocenters. The van der Waals surface area contributed by atoms with Crippen LogP contribution < -0.4 is 10.6 Å². The van der Waals surface area contributed by atoms with Crippen molar-refractivity contribution in [3.63, 3.8) is 0 Å². The molecule has 2 nitrogen and oxygen atoms in total. The van der Waals surface area contributed by atoms with E-state index in [0.29, 0.717) is 12.0 Å². The summed E-state index contributed by atoms with van der Waals surface area (Å²) in [5.74, 6) is 0.699. The molecule has 0 amide bonds. The third-order valence-electron chi connectivity index (χ3n) is 3.22. The molecule has 0 spiro atoms. The lowest BCUT2D eigenvalue weighted by Gasteiger charge is -2.28. The zero-order valence-corrected chi connectivity index (χ0v) is 7.59. The van der Waals surface area contributed by atoms with Crippen LogP contribution in [0.5, 0.6) is 0 Å². The van der Waals surface area contributed by atoms with Crippen molar-refractivity contribution in [3.8, 4) is 0 Å². The molecule has 0 unspecified atom stereocenters. The Balaban J connectivity index is 2.06. The molecule has 1 saturated heterocycles. The Bertz CT molecular complexity index is 322. The predicted molar refractivity (Wildman–Crippen MR) is 52.7 cm³/mol. The number of nitrogens with one attached hydrogen (secondary N) is 2. The van der Waals surface area contributed by atoms with Crippen LogP contribution in [0.25, 0.3) is 0 Å². The molecule has 13 heavy (non-hydrogen) atoms. The maximum atomic E-state index is 3.57. The van der Waals surface area contributed by atoms with E-state index in [1.54, 1.807) is 5.56 Å². The van der Waals surface area contributed by atoms with Crippen molar-refractivity contribution >= 4 is 0 Å². The smallest absolute Gasteiger partial charge is 0.0276 e. The first-order valence-corrected chi connectivity index (χ1v) is 4.97. The molecule has 1 aromatic carbocycles. The summed E-state index contributed by atoms with van der Waals surface area (Å²) in [5, 5.41) is 7.02. The van der Waals surface area contributed by atoms with E-state index >= 15 is 0 Å². The minimum absolute atomic E-state index is 0.662. The second-order valence-corrected chi connectivity index (χ2v) is 3.95. The summed E-state index contributed by atoms with van der Waals surface area (Å²) in [6.45, 7) is 3.30. The first kappa shape index (κ1) is 7.54. The van der Waals surface area contributed by atoms with Gasteiger partial charge in [-0.2, -0.15) is 0 Å². The van der Waals surface area contributed by atoms with Crippen LogP contribution in [0, 0.1) is 0 Å². The highest BCUT2D eigenvalue weighted by Crippen LogP contribution is 2.29. The molecular weight excluding hydrogens is 160 g/mol. The summed E-state index contributed by atoms with van der Waals surface area (Å²) >= 11 is 0. The van der Waals surface area contributed by atoms with Crippen molar-refractivity contribution < 1.29 is 0 Å². The van der Waals surface area contributed by atoms with E-state index in [2.05, 4.69) is 34.9 Å². The Morgan fingerprint density at radius 3 is 3.08 bits per heavy atom. The number of benzene rings is 1. The average Bonchev–Trinajstić information content (AvgIpc) is 2.65. The standard InChI is InChI=1S/C11H14N2/c1-2-4-9-8(3-1)5-13-11-7-12-6-10(9)11/h1-4,10-13H,5-7H2/t10-,11+/m0/s1. The van der Waals surface area contributed by atoms with Gasteiger partial charge < -0.3 is 10.6 Å². The zero-order chi connectivity index (χ0) is 8.67. The van der Waals surface area contributed by atoms with Crippen molar-refractivity contribution in [1.82, 2.24) is 10.6 Å². The van der Waals surface area contributed by atoms with Crippen molar-refractivity contribution in [2.24, 2.45) is 0 Å². The van der Waals surface area contributed by atoms with E-state index < -0.39 is 0 Å². The molecule has 2 heterocycles. The summed E-state index contributed by atoms with van der Waals surface area (Å²) in [6.07, 6.45) is 0. The molecule has 3 rings (SSSR count). The Labute approximate surface area is 78.3 Å². The highest BCUT2D eigenvalue weighted by atomic mass is 15.1. The first-order valence-electron chi connectivity index (χ1n) is 4.97. The van der Waals surface area contributed by atoms with Gasteiger partial charge in [-0.05, 0) is 11.1 Å². The molecule has 0 bridgehead atoms. The Hall–Kier alpha value is -0.860. The van der Waals surface area contributed by atoms with Gasteiger partial charge in [0.05, 0.1) is 0 Å². The van der Waals surface area contributed by atoms with Crippen LogP contribution in [0.4, 0.5) is 0 Å². The average molecular weight is 174 g/mol. The van der Waals surface area contributed by atoms with E-state index in [4.69, 9.17) is 0 Å². The van der Waals surface area contributed by atoms with Crippen molar-refractivity contribution in [2.45, 2.75) is 18.5 Å². The van der Waals surface area contributed by atoms with Crippen LogP contribution in [-0.4, -0.2) is 19.1 Å². The minimum atomic E-state index is 0.662. The monoisotopic (exact) mass is 174 g/mol. The van der Waals surface area contributed by atoms with Crippen LogP contribution in [0.2, 0.25) is 0 Å². The predicted octanol–water partition coefficient (Wildman–Crippen LogP) is 0.845. The normalized spacial score (nSPS) is 31.1. The minimum Gasteiger partial charge on any atom is -0.314 e. The topological polar surface area (TPSA) is 24.1 Å². The first-order chi connectivity index (χ1) is 6.45. The van der Waals surface area contributed by atoms with E-state index in [1.165, 1.54) is 5.56 Å². The van der Waals surface area contributed by atoms with E-state index in [9.17, 15) is 0 Å². The van der Waals surface area contributed by atoms with Gasteiger partial charge in [0, 0.05) is 31.6 Å². The molecular formula is C11H14N2. The van der Waals surface area contributed by atoms with Gasteiger partial charge in [0.25, 0.3) is 0 Å². The van der Waals surface area contributed by atoms with Crippen molar-refractivity contribution in [2.75, 3.05) is 13.1 Å². The molecule has 0 saturated carbocycles. The third kappa shape index (κ3) is 1.10. The van der Waals surface area contributed by atoms with Gasteiger partial charge in [-0.3, -0.25) is 0 Å². The lowest BCUT2D eigenvalue weighted by atomic mass is 9.87. The molecule has 2 aliphatic rings. The molecule has 1 aromatic rings. The molecule has 2 heteroatoms. The third-order valence-corrected chi connectivity index (χ3v) is 3.22. The SMILES string of the molecule is c1ccc2c(c1)CN[C@@H]1CNC[C@@H]21. The van der Waals surface area contributed by atoms with E-state index in [-0.39, 0.29) is 0 Å². The molecule has 2 aliphatic heterocycles. The quantitative estimate of drug-likeness (QED) is 0.609. The van der Waals surface area contributed by atoms with Gasteiger partial charge in [-0.25, -0.2) is 0 Å². The second-order valence-electron chi connectivity index (χ2n) is 3.95. The molecule has 1 fully saturated rings. The maximum absolute atomic E-state index is 3.57. The van der Waals surface area contributed by atoms with E-state index in [1.807, 2.05) is 0 Å². The highest BCUT2D eigenvalue weighted by Gasteiger charge is 2.32. The van der Waals surface area contributed by atoms with Gasteiger partial charge in [0.15, 0.2) is 0 Å². The molecule has 0 aliphatic carbocycles. The van der Waals surface area contributed by atoms with Gasteiger partial charge in [-0.15, -0.1) is 0 Å². The maximum Gasteiger partial charge on any atom is 0.0276 e. The zero-order valence-electron chi connectivity index (χ0n) is 7.59. The largest absolute Gasteiger partial charge is 0.314 e. The summed E-state index contributed by atoms with van der Waals surface area (Å²) in [6, 6.07) is 9.45. The van der Waals surface area contributed by atoms with Gasteiger partial charge in [-0.1, -0.05) is 24.3 Å². The van der Waals surface area contributed by atoms with Crippen LogP contribution >= 0.6 is 0 Å². The fraction of sp³-hybridized carbons (Fsp3) is 0.455. The van der Waals surface area contributed by atoms with Crippen LogP contribution in [0.3, 0.4) is 0 Å². The van der Waals surface area contributed by atoms with E-state index in [0.717, 1.165) is 19.6 Å². The highest BCUT2D eigenvalue weighted by molar-refractivity contribution is 5.35.